The molecule has 10 rings (SSSR count). The normalized spacial score (nSPS) is 22.4. The lowest BCUT2D eigenvalue weighted by Crippen LogP contribution is -2.49. The van der Waals surface area contributed by atoms with Gasteiger partial charge in [-0.05, 0) is 60.4 Å². The second-order valence-corrected chi connectivity index (χ2v) is 25.1. The standard InChI is InChI=1S/C54H58ClN6O15PS2/c1-57(50(69)74-22-23-78-79-28-38(47(65)66)56-43(62)14-4-3-9-18-60-44(63)15-16-45(60)64)20-21-58(2)51(70)75-41-24-39-34(33-10-5-6-11-35(33)41)17-19-59(39)48(67)52-29-53(31-54(52,53)30-52)49(68)61-27-32(26-55)46-37-13-8-7-12-36(37)42(25-40(46)61)76-77(71,72)73/h5-8,10-13,15-16,24-25,32,38H,3-4,9,14,17-23,26-31H2,1-2H3,(H,56,62)(H,65,66)(H2,71,72,73)/t32?,38-,52?,53?,54?/m0/s1. The predicted molar refractivity (Wildman–Crippen MR) is 295 cm³/mol. The van der Waals surface area contributed by atoms with Crippen LogP contribution < -0.4 is 24.4 Å². The van der Waals surface area contributed by atoms with E-state index >= 15 is 0 Å². The summed E-state index contributed by atoms with van der Waals surface area (Å²) in [6.45, 7) is 1.14. The lowest BCUT2D eigenvalue weighted by atomic mass is 9.72. The molecule has 4 N–H and O–H groups in total. The Bertz CT molecular complexity index is 3290. The van der Waals surface area contributed by atoms with Crippen molar-refractivity contribution >= 4 is 122 Å². The number of rotatable bonds is 23. The van der Waals surface area contributed by atoms with Gasteiger partial charge in [-0.15, -0.1) is 11.6 Å². The average molecular weight is 1160 g/mol. The molecular formula is C54H58ClN6O15PS2. The van der Waals surface area contributed by atoms with Gasteiger partial charge in [0.25, 0.3) is 11.8 Å². The van der Waals surface area contributed by atoms with Gasteiger partial charge in [0.1, 0.15) is 24.1 Å². The van der Waals surface area contributed by atoms with Gasteiger partial charge in [-0.3, -0.25) is 38.7 Å². The Morgan fingerprint density at radius 2 is 1.43 bits per heavy atom. The number of ether oxygens (including phenoxy) is 2. The third-order valence-electron chi connectivity index (χ3n) is 16.3. The lowest BCUT2D eigenvalue weighted by Gasteiger charge is -2.37. The number of halogens is 1. The van der Waals surface area contributed by atoms with Crippen molar-refractivity contribution in [1.82, 2.24) is 20.0 Å². The van der Waals surface area contributed by atoms with Crippen LogP contribution in [0.4, 0.5) is 21.0 Å². The Hall–Kier alpha value is -6.36. The molecule has 3 aliphatic heterocycles. The maximum Gasteiger partial charge on any atom is 0.524 e. The lowest BCUT2D eigenvalue weighted by molar-refractivity contribution is -0.141. The van der Waals surface area contributed by atoms with Gasteiger partial charge in [-0.1, -0.05) is 76.5 Å². The number of benzene rings is 4. The number of unbranched alkanes of at least 4 members (excludes halogenated alkanes) is 2. The van der Waals surface area contributed by atoms with Crippen molar-refractivity contribution in [3.05, 3.63) is 83.9 Å². The predicted octanol–water partition coefficient (Wildman–Crippen LogP) is 6.83. The largest absolute Gasteiger partial charge is 0.524 e. The third-order valence-corrected chi connectivity index (χ3v) is 19.5. The number of carboxylic acids is 1. The first-order valence-corrected chi connectivity index (χ1v) is 30.4. The number of amides is 7. The molecule has 5 atom stereocenters. The van der Waals surface area contributed by atoms with Gasteiger partial charge >= 0.3 is 26.0 Å². The first-order valence-electron chi connectivity index (χ1n) is 25.9. The molecule has 7 amide bonds. The zero-order valence-corrected chi connectivity index (χ0v) is 46.5. The van der Waals surface area contributed by atoms with E-state index in [0.29, 0.717) is 84.8 Å². The Morgan fingerprint density at radius 1 is 0.810 bits per heavy atom. The van der Waals surface area contributed by atoms with E-state index in [9.17, 15) is 57.8 Å². The molecule has 4 aromatic rings. The van der Waals surface area contributed by atoms with Crippen LogP contribution in [0.5, 0.6) is 11.5 Å². The van der Waals surface area contributed by atoms with Gasteiger partial charge in [0.15, 0.2) is 0 Å². The summed E-state index contributed by atoms with van der Waals surface area (Å²) in [4.78, 5) is 130. The highest BCUT2D eigenvalue weighted by atomic mass is 35.5. The van der Waals surface area contributed by atoms with Crippen LogP contribution in [0.15, 0.2) is 72.8 Å². The van der Waals surface area contributed by atoms with Crippen molar-refractivity contribution in [3.63, 3.8) is 0 Å². The van der Waals surface area contributed by atoms with E-state index in [4.69, 9.17) is 25.6 Å². The van der Waals surface area contributed by atoms with Gasteiger partial charge in [-0.2, -0.15) is 0 Å². The zero-order chi connectivity index (χ0) is 56.2. The van der Waals surface area contributed by atoms with Crippen LogP contribution in [0.1, 0.15) is 62.0 Å². The van der Waals surface area contributed by atoms with Gasteiger partial charge in [0.2, 0.25) is 17.7 Å². The van der Waals surface area contributed by atoms with Gasteiger partial charge in [0.05, 0.1) is 22.2 Å². The number of alkyl halides is 1. The smallest absolute Gasteiger partial charge is 0.480 e. The first-order chi connectivity index (χ1) is 37.7. The molecule has 1 spiro atoms. The van der Waals surface area contributed by atoms with Crippen molar-refractivity contribution in [2.45, 2.75) is 63.3 Å². The van der Waals surface area contributed by atoms with Crippen molar-refractivity contribution in [3.8, 4) is 11.5 Å². The molecule has 4 unspecified atom stereocenters. The van der Waals surface area contributed by atoms with Crippen LogP contribution in [0.25, 0.3) is 21.5 Å². The molecule has 4 aromatic carbocycles. The first kappa shape index (κ1) is 55.9. The number of phosphoric ester groups is 1. The number of nitrogens with zero attached hydrogens (tertiary/aromatic N) is 5. The van der Waals surface area contributed by atoms with E-state index in [1.807, 2.05) is 36.4 Å². The molecule has 0 saturated heterocycles. The van der Waals surface area contributed by atoms with E-state index < -0.39 is 54.2 Å². The van der Waals surface area contributed by atoms with Crippen molar-refractivity contribution in [1.29, 1.82) is 0 Å². The molecule has 0 aromatic heterocycles. The van der Waals surface area contributed by atoms with Crippen LogP contribution in [-0.4, -0.2) is 154 Å². The highest BCUT2D eigenvalue weighted by Gasteiger charge is 3.01. The van der Waals surface area contributed by atoms with Gasteiger partial charge in [-0.25, -0.2) is 18.9 Å². The summed E-state index contributed by atoms with van der Waals surface area (Å²) < 4.78 is 28.6. The van der Waals surface area contributed by atoms with Crippen LogP contribution >= 0.6 is 41.0 Å². The highest BCUT2D eigenvalue weighted by Crippen LogP contribution is 3.01. The maximum atomic E-state index is 14.8. The molecule has 3 aliphatic carbocycles. The molecule has 25 heteroatoms. The van der Waals surface area contributed by atoms with Crippen LogP contribution in [0.3, 0.4) is 0 Å². The summed E-state index contributed by atoms with van der Waals surface area (Å²) in [6.07, 6.45) is 4.78. The quantitative estimate of drug-likeness (QED) is 0.0195. The Balaban J connectivity index is 0.693. The number of phosphoric acid groups is 1. The summed E-state index contributed by atoms with van der Waals surface area (Å²) in [5.41, 5.74) is 0.877. The minimum Gasteiger partial charge on any atom is -0.480 e. The molecular weight excluding hydrogens is 1100 g/mol. The topological polar surface area (TPSA) is 270 Å². The fourth-order valence-corrected chi connectivity index (χ4v) is 14.9. The number of aliphatic carboxylic acids is 1. The average Bonchev–Trinajstić information content (AvgIpc) is 1.41. The highest BCUT2D eigenvalue weighted by molar-refractivity contribution is 8.76. The second kappa shape index (κ2) is 21.9. The molecule has 3 saturated carbocycles. The number of carbonyl (C=O) groups excluding carboxylic acids is 7. The number of imide groups is 1. The van der Waals surface area contributed by atoms with E-state index in [-0.39, 0.29) is 91.9 Å². The zero-order valence-electron chi connectivity index (χ0n) is 43.2. The number of anilines is 2. The van der Waals surface area contributed by atoms with Gasteiger partial charge in [0, 0.05) is 117 Å². The minimum atomic E-state index is -4.95. The molecule has 3 heterocycles. The third kappa shape index (κ3) is 10.4. The molecule has 0 bridgehead atoms. The summed E-state index contributed by atoms with van der Waals surface area (Å²) in [6, 6.07) is 16.7. The molecule has 21 nitrogen and oxygen atoms in total. The molecule has 0 radical (unpaired) electrons. The number of carbonyl (C=O) groups is 8. The summed E-state index contributed by atoms with van der Waals surface area (Å²) >= 11 is 6.51. The van der Waals surface area contributed by atoms with Crippen molar-refractivity contribution in [2.24, 2.45) is 16.2 Å². The van der Waals surface area contributed by atoms with E-state index in [1.54, 1.807) is 28.0 Å². The second-order valence-electron chi connectivity index (χ2n) is 21.0. The molecule has 6 aliphatic rings. The maximum absolute atomic E-state index is 14.8. The van der Waals surface area contributed by atoms with Crippen molar-refractivity contribution in [2.75, 3.05) is 80.6 Å². The van der Waals surface area contributed by atoms with Gasteiger partial charge < -0.3 is 44.0 Å². The van der Waals surface area contributed by atoms with E-state index in [1.165, 1.54) is 63.7 Å². The van der Waals surface area contributed by atoms with Crippen molar-refractivity contribution < 1.29 is 71.8 Å². The molecule has 79 heavy (non-hydrogen) atoms. The van der Waals surface area contributed by atoms with Crippen LogP contribution in [0.2, 0.25) is 0 Å². The summed E-state index contributed by atoms with van der Waals surface area (Å²) in [7, 11) is 0.590. The molecule has 3 fully saturated rings. The van der Waals surface area contributed by atoms with Crippen LogP contribution in [-0.2, 0) is 44.5 Å². The Labute approximate surface area is 466 Å². The number of carboxylic acid groups (broad SMARTS) is 1. The Morgan fingerprint density at radius 3 is 2.08 bits per heavy atom. The summed E-state index contributed by atoms with van der Waals surface area (Å²) in [5.74, 6) is -1.97. The van der Waals surface area contributed by atoms with E-state index in [0.717, 1.165) is 21.4 Å². The minimum absolute atomic E-state index is 0.0170. The number of likely N-dealkylation sites (N-methyl/N-ethyl adjacent to an activating group) is 2. The number of fused-ring (bicyclic) bond motifs is 6. The SMILES string of the molecule is CN(CCN(C)C(=O)Oc1cc2c(c3ccccc13)CCN2C(=O)C12CC3(C(=O)N4CC(CCl)c5c4cc(OP(=O)(O)O)c4ccccc54)CC13C2)C(=O)OCCSSC[C@H](NC(=O)CCCCCN1C(=O)C=CC1=O)C(=O)O. The van der Waals surface area contributed by atoms with Crippen LogP contribution in [0, 0.1) is 16.2 Å². The Kier molecular flexibility index (Phi) is 15.5. The number of nitrogens with one attached hydrogen (secondary N) is 1. The summed E-state index contributed by atoms with van der Waals surface area (Å²) in [5, 5.41) is 14.9. The fraction of sp³-hybridized carbons (Fsp3) is 0.444. The molecule has 418 valence electrons. The monoisotopic (exact) mass is 1160 g/mol. The number of hydrogen-bond donors (Lipinski definition) is 4. The fourth-order valence-electron chi connectivity index (χ4n) is 12.3. The number of hydrogen-bond acceptors (Lipinski definition) is 14. The van der Waals surface area contributed by atoms with E-state index in [2.05, 4.69) is 5.32 Å².